The molecule has 0 aliphatic heterocycles. The summed E-state index contributed by atoms with van der Waals surface area (Å²) >= 11 is 0. The third-order valence-corrected chi connectivity index (χ3v) is 3.41. The van der Waals surface area contributed by atoms with Gasteiger partial charge in [0.1, 0.15) is 5.82 Å². The van der Waals surface area contributed by atoms with Gasteiger partial charge in [0.05, 0.1) is 0 Å². The van der Waals surface area contributed by atoms with Crippen LogP contribution in [0.1, 0.15) is 31.4 Å². The van der Waals surface area contributed by atoms with Crippen LogP contribution in [0.2, 0.25) is 0 Å². The molecule has 2 aromatic rings. The first-order valence-electron chi connectivity index (χ1n) is 7.33. The molecule has 0 aromatic heterocycles. The van der Waals surface area contributed by atoms with E-state index in [9.17, 15) is 4.39 Å². The second-order valence-corrected chi connectivity index (χ2v) is 5.04. The van der Waals surface area contributed by atoms with E-state index >= 15 is 0 Å². The smallest absolute Gasteiger partial charge is 0.131 e. The molecule has 0 atom stereocenters. The van der Waals surface area contributed by atoms with E-state index in [4.69, 9.17) is 0 Å². The van der Waals surface area contributed by atoms with Gasteiger partial charge in [-0.2, -0.15) is 0 Å². The Morgan fingerprint density at radius 3 is 2.30 bits per heavy atom. The summed E-state index contributed by atoms with van der Waals surface area (Å²) in [5.41, 5.74) is 4.05. The first-order valence-corrected chi connectivity index (χ1v) is 7.33. The summed E-state index contributed by atoms with van der Waals surface area (Å²) in [4.78, 5) is 0. The first kappa shape index (κ1) is 14.7. The quantitative estimate of drug-likeness (QED) is 0.812. The highest BCUT2D eigenvalue weighted by molar-refractivity contribution is 5.65. The minimum atomic E-state index is -0.159. The number of hydrogen-bond donors (Lipinski definition) is 1. The maximum atomic E-state index is 14.0. The van der Waals surface area contributed by atoms with Crippen molar-refractivity contribution in [1.82, 2.24) is 5.32 Å². The van der Waals surface area contributed by atoms with Crippen molar-refractivity contribution in [2.45, 2.75) is 33.2 Å². The van der Waals surface area contributed by atoms with E-state index in [0.29, 0.717) is 5.56 Å². The molecule has 2 aromatic carbocycles. The van der Waals surface area contributed by atoms with E-state index < -0.39 is 0 Å². The molecule has 2 heteroatoms. The van der Waals surface area contributed by atoms with Crippen molar-refractivity contribution in [2.24, 2.45) is 0 Å². The molecular formula is C18H22FN. The lowest BCUT2D eigenvalue weighted by Gasteiger charge is -2.08. The van der Waals surface area contributed by atoms with Crippen molar-refractivity contribution in [3.8, 4) is 11.1 Å². The maximum absolute atomic E-state index is 14.0. The molecule has 0 fully saturated rings. The minimum absolute atomic E-state index is 0.159. The van der Waals surface area contributed by atoms with E-state index in [1.807, 2.05) is 24.3 Å². The third-order valence-electron chi connectivity index (χ3n) is 3.41. The summed E-state index contributed by atoms with van der Waals surface area (Å²) in [5, 5.41) is 3.27. The highest BCUT2D eigenvalue weighted by atomic mass is 19.1. The highest BCUT2D eigenvalue weighted by Crippen LogP contribution is 2.24. The molecule has 0 bridgehead atoms. The maximum Gasteiger partial charge on any atom is 0.131 e. The van der Waals surface area contributed by atoms with Crippen LogP contribution < -0.4 is 5.32 Å². The standard InChI is InChI=1S/C18H22FN/c1-3-5-14-6-9-16(10-7-14)17-12-15(13-20-4-2)8-11-18(17)19/h6-12,20H,3-5,13H2,1-2H3. The van der Waals surface area contributed by atoms with Crippen LogP contribution in [0, 0.1) is 5.82 Å². The van der Waals surface area contributed by atoms with Crippen molar-refractivity contribution in [3.05, 3.63) is 59.4 Å². The van der Waals surface area contributed by atoms with Crippen LogP contribution in [0.5, 0.6) is 0 Å². The van der Waals surface area contributed by atoms with Crippen molar-refractivity contribution >= 4 is 0 Å². The van der Waals surface area contributed by atoms with Gasteiger partial charge in [0.15, 0.2) is 0 Å². The first-order chi connectivity index (χ1) is 9.74. The number of benzene rings is 2. The van der Waals surface area contributed by atoms with Crippen LogP contribution in [-0.4, -0.2) is 6.54 Å². The topological polar surface area (TPSA) is 12.0 Å². The normalized spacial score (nSPS) is 10.8. The van der Waals surface area contributed by atoms with Gasteiger partial charge in [-0.3, -0.25) is 0 Å². The molecule has 0 heterocycles. The van der Waals surface area contributed by atoms with E-state index in [1.165, 1.54) is 5.56 Å². The average Bonchev–Trinajstić information content (AvgIpc) is 2.48. The fourth-order valence-electron chi connectivity index (χ4n) is 2.31. The lowest BCUT2D eigenvalue weighted by molar-refractivity contribution is 0.629. The summed E-state index contributed by atoms with van der Waals surface area (Å²) < 4.78 is 14.0. The Morgan fingerprint density at radius 2 is 1.65 bits per heavy atom. The van der Waals surface area contributed by atoms with Gasteiger partial charge in [-0.15, -0.1) is 0 Å². The summed E-state index contributed by atoms with van der Waals surface area (Å²) in [6, 6.07) is 13.5. The molecule has 0 saturated heterocycles. The molecule has 0 spiro atoms. The zero-order chi connectivity index (χ0) is 14.4. The Kier molecular flexibility index (Phi) is 5.31. The molecule has 0 saturated carbocycles. The molecular weight excluding hydrogens is 249 g/mol. The molecule has 0 unspecified atom stereocenters. The Labute approximate surface area is 120 Å². The SMILES string of the molecule is CCCc1ccc(-c2cc(CNCC)ccc2F)cc1. The van der Waals surface area contributed by atoms with Gasteiger partial charge in [-0.05, 0) is 41.8 Å². The number of aryl methyl sites for hydroxylation is 1. The monoisotopic (exact) mass is 271 g/mol. The van der Waals surface area contributed by atoms with Crippen LogP contribution in [0.25, 0.3) is 11.1 Å². The highest BCUT2D eigenvalue weighted by Gasteiger charge is 2.06. The van der Waals surface area contributed by atoms with Gasteiger partial charge in [-0.25, -0.2) is 4.39 Å². The van der Waals surface area contributed by atoms with Gasteiger partial charge in [-0.1, -0.05) is 50.6 Å². The second-order valence-electron chi connectivity index (χ2n) is 5.04. The van der Waals surface area contributed by atoms with Crippen LogP contribution in [-0.2, 0) is 13.0 Å². The van der Waals surface area contributed by atoms with Crippen LogP contribution >= 0.6 is 0 Å². The molecule has 0 radical (unpaired) electrons. The van der Waals surface area contributed by atoms with Crippen LogP contribution in [0.4, 0.5) is 4.39 Å². The number of rotatable bonds is 6. The zero-order valence-electron chi connectivity index (χ0n) is 12.2. The molecule has 0 aliphatic carbocycles. The largest absolute Gasteiger partial charge is 0.313 e. The van der Waals surface area contributed by atoms with Crippen molar-refractivity contribution in [2.75, 3.05) is 6.54 Å². The Morgan fingerprint density at radius 1 is 0.950 bits per heavy atom. The van der Waals surface area contributed by atoms with E-state index in [1.54, 1.807) is 6.07 Å². The fourth-order valence-corrected chi connectivity index (χ4v) is 2.31. The molecule has 1 nitrogen and oxygen atoms in total. The second kappa shape index (κ2) is 7.20. The van der Waals surface area contributed by atoms with E-state index in [2.05, 4.69) is 31.3 Å². The van der Waals surface area contributed by atoms with Gasteiger partial charge < -0.3 is 5.32 Å². The van der Waals surface area contributed by atoms with E-state index in [0.717, 1.165) is 37.1 Å². The van der Waals surface area contributed by atoms with Crippen molar-refractivity contribution in [3.63, 3.8) is 0 Å². The van der Waals surface area contributed by atoms with E-state index in [-0.39, 0.29) is 5.82 Å². The van der Waals surface area contributed by atoms with Gasteiger partial charge in [0, 0.05) is 12.1 Å². The molecule has 1 N–H and O–H groups in total. The van der Waals surface area contributed by atoms with Gasteiger partial charge >= 0.3 is 0 Å². The summed E-state index contributed by atoms with van der Waals surface area (Å²) in [6.45, 7) is 5.92. The Balaban J connectivity index is 2.26. The number of hydrogen-bond acceptors (Lipinski definition) is 1. The van der Waals surface area contributed by atoms with Crippen molar-refractivity contribution < 1.29 is 4.39 Å². The average molecular weight is 271 g/mol. The fraction of sp³-hybridized carbons (Fsp3) is 0.333. The summed E-state index contributed by atoms with van der Waals surface area (Å²) in [6.07, 6.45) is 2.20. The molecule has 20 heavy (non-hydrogen) atoms. The third kappa shape index (κ3) is 3.67. The molecule has 106 valence electrons. The molecule has 0 amide bonds. The summed E-state index contributed by atoms with van der Waals surface area (Å²) in [7, 11) is 0. The predicted molar refractivity (Wildman–Crippen MR) is 83.2 cm³/mol. The lowest BCUT2D eigenvalue weighted by Crippen LogP contribution is -2.11. The Hall–Kier alpha value is -1.67. The number of halogens is 1. The van der Waals surface area contributed by atoms with Gasteiger partial charge in [0.25, 0.3) is 0 Å². The van der Waals surface area contributed by atoms with Crippen molar-refractivity contribution in [1.29, 1.82) is 0 Å². The van der Waals surface area contributed by atoms with Crippen LogP contribution in [0.15, 0.2) is 42.5 Å². The molecule has 2 rings (SSSR count). The zero-order valence-corrected chi connectivity index (χ0v) is 12.2. The Bertz CT molecular complexity index is 546. The molecule has 0 aliphatic rings. The summed E-state index contributed by atoms with van der Waals surface area (Å²) in [5.74, 6) is -0.159. The predicted octanol–water partition coefficient (Wildman–Crippen LogP) is 4.55. The minimum Gasteiger partial charge on any atom is -0.313 e. The van der Waals surface area contributed by atoms with Crippen LogP contribution in [0.3, 0.4) is 0 Å². The number of nitrogens with one attached hydrogen (secondary N) is 1. The lowest BCUT2D eigenvalue weighted by atomic mass is 10.00. The van der Waals surface area contributed by atoms with Gasteiger partial charge in [0.2, 0.25) is 0 Å².